The minimum absolute atomic E-state index is 0.0279. The summed E-state index contributed by atoms with van der Waals surface area (Å²) < 4.78 is 0. The Kier molecular flexibility index (Phi) is 6.41. The Labute approximate surface area is 140 Å². The van der Waals surface area contributed by atoms with Crippen LogP contribution in [-0.2, 0) is 11.3 Å². The molecule has 0 fully saturated rings. The van der Waals surface area contributed by atoms with Crippen LogP contribution in [-0.4, -0.2) is 38.6 Å². The number of amides is 2. The second-order valence-corrected chi connectivity index (χ2v) is 5.50. The highest BCUT2D eigenvalue weighted by atomic mass is 16.2. The van der Waals surface area contributed by atoms with E-state index in [-0.39, 0.29) is 12.5 Å². The van der Waals surface area contributed by atoms with Crippen molar-refractivity contribution in [2.45, 2.75) is 39.2 Å². The van der Waals surface area contributed by atoms with Crippen LogP contribution in [0.2, 0.25) is 0 Å². The van der Waals surface area contributed by atoms with Crippen LogP contribution in [0, 0.1) is 0 Å². The van der Waals surface area contributed by atoms with Crippen LogP contribution < -0.4 is 11.1 Å². The number of hydrogen-bond donors (Lipinski definition) is 2. The van der Waals surface area contributed by atoms with Crippen molar-refractivity contribution in [1.82, 2.24) is 25.5 Å². The number of unbranched alkanes of at least 4 members (excludes halogenated alkanes) is 3. The molecule has 2 amide bonds. The van der Waals surface area contributed by atoms with E-state index in [0.717, 1.165) is 12.8 Å². The Morgan fingerprint density at radius 3 is 2.58 bits per heavy atom. The standard InChI is InChI=1S/C16H22N6O2/c1-2-3-4-5-10-18-14(23)11-22-20-16(19-21-22)13-8-6-12(7-9-13)15(17)24/h6-9H,2-5,10-11H2,1H3,(H2,17,24)(H,18,23). The molecular weight excluding hydrogens is 308 g/mol. The molecule has 0 saturated heterocycles. The summed E-state index contributed by atoms with van der Waals surface area (Å²) in [6, 6.07) is 6.58. The number of carbonyl (C=O) groups excluding carboxylic acids is 2. The van der Waals surface area contributed by atoms with Crippen LogP contribution in [0.4, 0.5) is 0 Å². The van der Waals surface area contributed by atoms with Crippen LogP contribution in [0.15, 0.2) is 24.3 Å². The number of tetrazole rings is 1. The van der Waals surface area contributed by atoms with Crippen molar-refractivity contribution in [2.75, 3.05) is 6.54 Å². The fourth-order valence-corrected chi connectivity index (χ4v) is 2.17. The van der Waals surface area contributed by atoms with Gasteiger partial charge in [-0.25, -0.2) is 0 Å². The normalized spacial score (nSPS) is 10.5. The van der Waals surface area contributed by atoms with Gasteiger partial charge in [0.1, 0.15) is 6.54 Å². The van der Waals surface area contributed by atoms with Gasteiger partial charge in [-0.3, -0.25) is 9.59 Å². The summed E-state index contributed by atoms with van der Waals surface area (Å²) in [5, 5.41) is 14.8. The van der Waals surface area contributed by atoms with E-state index in [4.69, 9.17) is 5.73 Å². The topological polar surface area (TPSA) is 116 Å². The third-order valence-corrected chi connectivity index (χ3v) is 3.52. The molecule has 0 saturated carbocycles. The third-order valence-electron chi connectivity index (χ3n) is 3.52. The van der Waals surface area contributed by atoms with Gasteiger partial charge in [0, 0.05) is 17.7 Å². The molecule has 2 aromatic rings. The van der Waals surface area contributed by atoms with E-state index in [2.05, 4.69) is 27.7 Å². The van der Waals surface area contributed by atoms with Gasteiger partial charge in [-0.1, -0.05) is 38.3 Å². The fourth-order valence-electron chi connectivity index (χ4n) is 2.17. The molecule has 8 heteroatoms. The Hall–Kier alpha value is -2.77. The van der Waals surface area contributed by atoms with Crippen molar-refractivity contribution in [3.05, 3.63) is 29.8 Å². The highest BCUT2D eigenvalue weighted by Crippen LogP contribution is 2.14. The van der Waals surface area contributed by atoms with Gasteiger partial charge in [0.05, 0.1) is 0 Å². The molecule has 0 spiro atoms. The average molecular weight is 330 g/mol. The number of benzene rings is 1. The summed E-state index contributed by atoms with van der Waals surface area (Å²) in [6.07, 6.45) is 4.43. The number of rotatable bonds is 9. The first-order valence-electron chi connectivity index (χ1n) is 8.05. The van der Waals surface area contributed by atoms with Gasteiger partial charge in [0.15, 0.2) is 0 Å². The third kappa shape index (κ3) is 5.15. The smallest absolute Gasteiger partial charge is 0.248 e. The summed E-state index contributed by atoms with van der Waals surface area (Å²) in [5.74, 6) is -0.241. The summed E-state index contributed by atoms with van der Waals surface area (Å²) in [6.45, 7) is 2.84. The zero-order valence-electron chi connectivity index (χ0n) is 13.7. The van der Waals surface area contributed by atoms with Crippen LogP contribution in [0.25, 0.3) is 11.4 Å². The molecule has 1 aromatic heterocycles. The van der Waals surface area contributed by atoms with E-state index >= 15 is 0 Å². The van der Waals surface area contributed by atoms with Gasteiger partial charge >= 0.3 is 0 Å². The molecule has 3 N–H and O–H groups in total. The van der Waals surface area contributed by atoms with E-state index < -0.39 is 5.91 Å². The first-order chi connectivity index (χ1) is 11.6. The Morgan fingerprint density at radius 1 is 1.17 bits per heavy atom. The van der Waals surface area contributed by atoms with Crippen molar-refractivity contribution in [1.29, 1.82) is 0 Å². The molecule has 2 rings (SSSR count). The van der Waals surface area contributed by atoms with E-state index in [0.29, 0.717) is 23.5 Å². The summed E-state index contributed by atoms with van der Waals surface area (Å²) in [5.41, 5.74) is 6.31. The highest BCUT2D eigenvalue weighted by molar-refractivity contribution is 5.93. The van der Waals surface area contributed by atoms with Crippen molar-refractivity contribution < 1.29 is 9.59 Å². The van der Waals surface area contributed by atoms with Gasteiger partial charge in [0.25, 0.3) is 0 Å². The van der Waals surface area contributed by atoms with Crippen LogP contribution in [0.1, 0.15) is 43.0 Å². The first kappa shape index (κ1) is 17.6. The van der Waals surface area contributed by atoms with Crippen molar-refractivity contribution in [3.63, 3.8) is 0 Å². The monoisotopic (exact) mass is 330 g/mol. The molecule has 24 heavy (non-hydrogen) atoms. The van der Waals surface area contributed by atoms with Crippen LogP contribution >= 0.6 is 0 Å². The molecule has 0 unspecified atom stereocenters. The van der Waals surface area contributed by atoms with Gasteiger partial charge in [-0.05, 0) is 23.8 Å². The fraction of sp³-hybridized carbons (Fsp3) is 0.438. The average Bonchev–Trinajstić information content (AvgIpc) is 3.03. The SMILES string of the molecule is CCCCCCNC(=O)Cn1nnc(-c2ccc(C(N)=O)cc2)n1. The van der Waals surface area contributed by atoms with Gasteiger partial charge in [-0.15, -0.1) is 10.2 Å². The molecule has 8 nitrogen and oxygen atoms in total. The van der Waals surface area contributed by atoms with Gasteiger partial charge < -0.3 is 11.1 Å². The first-order valence-corrected chi connectivity index (χ1v) is 8.05. The minimum Gasteiger partial charge on any atom is -0.366 e. The highest BCUT2D eigenvalue weighted by Gasteiger charge is 2.09. The number of primary amides is 1. The molecule has 1 aromatic carbocycles. The molecule has 0 atom stereocenters. The van der Waals surface area contributed by atoms with Crippen LogP contribution in [0.5, 0.6) is 0 Å². The Bertz CT molecular complexity index is 680. The van der Waals surface area contributed by atoms with E-state index in [1.165, 1.54) is 17.6 Å². The molecule has 0 aliphatic carbocycles. The summed E-state index contributed by atoms with van der Waals surface area (Å²) in [7, 11) is 0. The van der Waals surface area contributed by atoms with Gasteiger partial charge in [-0.2, -0.15) is 4.80 Å². The maximum absolute atomic E-state index is 11.8. The minimum atomic E-state index is -0.492. The zero-order chi connectivity index (χ0) is 17.4. The zero-order valence-corrected chi connectivity index (χ0v) is 13.7. The summed E-state index contributed by atoms with van der Waals surface area (Å²) in [4.78, 5) is 24.1. The molecule has 128 valence electrons. The number of hydrogen-bond acceptors (Lipinski definition) is 5. The second-order valence-electron chi connectivity index (χ2n) is 5.50. The molecule has 0 aliphatic heterocycles. The van der Waals surface area contributed by atoms with Crippen LogP contribution in [0.3, 0.4) is 0 Å². The maximum Gasteiger partial charge on any atom is 0.248 e. The Balaban J connectivity index is 1.86. The predicted molar refractivity (Wildman–Crippen MR) is 88.9 cm³/mol. The largest absolute Gasteiger partial charge is 0.366 e. The summed E-state index contributed by atoms with van der Waals surface area (Å²) >= 11 is 0. The predicted octanol–water partition coefficient (Wildman–Crippen LogP) is 1.14. The van der Waals surface area contributed by atoms with Crippen molar-refractivity contribution in [2.24, 2.45) is 5.73 Å². The molecular formula is C16H22N6O2. The quantitative estimate of drug-likeness (QED) is 0.669. The molecule has 1 heterocycles. The molecule has 0 aliphatic rings. The van der Waals surface area contributed by atoms with Crippen molar-refractivity contribution in [3.8, 4) is 11.4 Å². The lowest BCUT2D eigenvalue weighted by Crippen LogP contribution is -2.29. The van der Waals surface area contributed by atoms with Gasteiger partial charge in [0.2, 0.25) is 17.6 Å². The van der Waals surface area contributed by atoms with E-state index in [1.807, 2.05) is 0 Å². The second kappa shape index (κ2) is 8.76. The maximum atomic E-state index is 11.8. The number of carbonyl (C=O) groups is 2. The van der Waals surface area contributed by atoms with E-state index in [9.17, 15) is 9.59 Å². The number of nitrogens with two attached hydrogens (primary N) is 1. The molecule has 0 bridgehead atoms. The van der Waals surface area contributed by atoms with Crippen molar-refractivity contribution >= 4 is 11.8 Å². The lowest BCUT2D eigenvalue weighted by Gasteiger charge is -2.03. The Morgan fingerprint density at radius 2 is 1.92 bits per heavy atom. The lowest BCUT2D eigenvalue weighted by atomic mass is 10.1. The number of nitrogens with zero attached hydrogens (tertiary/aromatic N) is 4. The number of nitrogens with one attached hydrogen (secondary N) is 1. The number of aromatic nitrogens is 4. The lowest BCUT2D eigenvalue weighted by molar-refractivity contribution is -0.122. The van der Waals surface area contributed by atoms with E-state index in [1.54, 1.807) is 24.3 Å². The molecule has 0 radical (unpaired) electrons.